The van der Waals surface area contributed by atoms with E-state index < -0.39 is 21.9 Å². The van der Waals surface area contributed by atoms with Gasteiger partial charge in [0.15, 0.2) is 0 Å². The van der Waals surface area contributed by atoms with Crippen LogP contribution in [0.1, 0.15) is 12.8 Å². The highest BCUT2D eigenvalue weighted by atomic mass is 32.2. The van der Waals surface area contributed by atoms with E-state index in [2.05, 4.69) is 20.2 Å². The predicted octanol–water partition coefficient (Wildman–Crippen LogP) is 3.83. The number of aliphatic carboxylic acids is 1. The van der Waals surface area contributed by atoms with E-state index in [1.54, 1.807) is 54.6 Å². The molecular formula is C23H20N4O5S. The summed E-state index contributed by atoms with van der Waals surface area (Å²) in [5, 5.41) is 19.4. The number of nitrogens with one attached hydrogen (secondary N) is 3. The molecule has 3 aromatic carbocycles. The van der Waals surface area contributed by atoms with E-state index in [1.165, 1.54) is 12.1 Å². The van der Waals surface area contributed by atoms with Gasteiger partial charge in [-0.1, -0.05) is 30.3 Å². The summed E-state index contributed by atoms with van der Waals surface area (Å²) >= 11 is 0. The number of hydrogen-bond acceptors (Lipinski definition) is 5. The number of carbonyl (C=O) groups is 2. The van der Waals surface area contributed by atoms with Crippen LogP contribution in [0.15, 0.2) is 77.7 Å². The molecule has 0 bridgehead atoms. The minimum atomic E-state index is -3.74. The van der Waals surface area contributed by atoms with E-state index in [0.29, 0.717) is 33.5 Å². The molecule has 33 heavy (non-hydrogen) atoms. The van der Waals surface area contributed by atoms with Crippen LogP contribution in [0.2, 0.25) is 0 Å². The van der Waals surface area contributed by atoms with E-state index in [-0.39, 0.29) is 17.7 Å². The van der Waals surface area contributed by atoms with Crippen molar-refractivity contribution in [1.29, 1.82) is 0 Å². The van der Waals surface area contributed by atoms with Gasteiger partial charge in [0.05, 0.1) is 16.8 Å². The summed E-state index contributed by atoms with van der Waals surface area (Å²) in [4.78, 5) is 22.8. The van der Waals surface area contributed by atoms with Crippen molar-refractivity contribution in [2.75, 3.05) is 10.0 Å². The summed E-state index contributed by atoms with van der Waals surface area (Å²) in [6.45, 7) is 0. The van der Waals surface area contributed by atoms with Crippen LogP contribution < -0.4 is 10.0 Å². The molecule has 4 rings (SSSR count). The fourth-order valence-corrected chi connectivity index (χ4v) is 4.37. The Labute approximate surface area is 189 Å². The van der Waals surface area contributed by atoms with E-state index in [0.717, 1.165) is 0 Å². The van der Waals surface area contributed by atoms with Gasteiger partial charge in [-0.25, -0.2) is 8.42 Å². The largest absolute Gasteiger partial charge is 0.481 e. The lowest BCUT2D eigenvalue weighted by atomic mass is 10.1. The highest BCUT2D eigenvalue weighted by Gasteiger charge is 2.16. The summed E-state index contributed by atoms with van der Waals surface area (Å²) in [6, 6.07) is 20.1. The Hall–Kier alpha value is -4.18. The van der Waals surface area contributed by atoms with Crippen LogP contribution in [0.3, 0.4) is 0 Å². The fraction of sp³-hybridized carbons (Fsp3) is 0.0870. The standard InChI is InChI=1S/C23H20N4O5S/c28-21(11-12-22(29)30)24-16-6-4-5-15(13-16)23-19-14-17(9-10-20(19)25-26-23)27-33(31,32)18-7-2-1-3-8-18/h1-10,13-14,27H,11-12H2,(H,24,28)(H,25,26)(H,29,30). The molecule has 0 saturated heterocycles. The summed E-state index contributed by atoms with van der Waals surface area (Å²) < 4.78 is 27.9. The fourth-order valence-electron chi connectivity index (χ4n) is 3.30. The zero-order chi connectivity index (χ0) is 23.4. The van der Waals surface area contributed by atoms with E-state index in [1.807, 2.05) is 6.07 Å². The molecule has 0 aliphatic rings. The second-order valence-electron chi connectivity index (χ2n) is 7.27. The number of hydrogen-bond donors (Lipinski definition) is 4. The second-order valence-corrected chi connectivity index (χ2v) is 8.96. The first-order valence-corrected chi connectivity index (χ1v) is 11.5. The number of carboxylic acids is 1. The van der Waals surface area contributed by atoms with Crippen LogP contribution in [-0.4, -0.2) is 35.6 Å². The number of aromatic nitrogens is 2. The minimum absolute atomic E-state index is 0.129. The second kappa shape index (κ2) is 9.13. The van der Waals surface area contributed by atoms with Gasteiger partial charge in [0.25, 0.3) is 10.0 Å². The number of fused-ring (bicyclic) bond motifs is 1. The average molecular weight is 465 g/mol. The number of carbonyl (C=O) groups excluding carboxylic acids is 1. The first-order valence-electron chi connectivity index (χ1n) is 10.00. The first-order chi connectivity index (χ1) is 15.8. The molecule has 0 radical (unpaired) electrons. The molecule has 0 fully saturated rings. The zero-order valence-corrected chi connectivity index (χ0v) is 18.1. The maximum Gasteiger partial charge on any atom is 0.303 e. The van der Waals surface area contributed by atoms with Gasteiger partial charge in [0, 0.05) is 28.7 Å². The van der Waals surface area contributed by atoms with Gasteiger partial charge in [-0.2, -0.15) is 5.10 Å². The van der Waals surface area contributed by atoms with E-state index in [9.17, 15) is 18.0 Å². The molecule has 0 aliphatic heterocycles. The van der Waals surface area contributed by atoms with Crippen LogP contribution in [0.25, 0.3) is 22.2 Å². The molecule has 1 heterocycles. The van der Waals surface area contributed by atoms with Crippen molar-refractivity contribution >= 4 is 44.2 Å². The first kappa shape index (κ1) is 22.0. The SMILES string of the molecule is O=C(O)CCC(=O)Nc1cccc(-c2n[nH]c3ccc(NS(=O)(=O)c4ccccc4)cc23)c1. The molecule has 0 unspecified atom stereocenters. The summed E-state index contributed by atoms with van der Waals surface area (Å²) in [5.74, 6) is -1.44. The molecule has 4 aromatic rings. The van der Waals surface area contributed by atoms with Gasteiger partial charge in [-0.3, -0.25) is 19.4 Å². The number of nitrogens with zero attached hydrogens (tertiary/aromatic N) is 1. The number of H-pyrrole nitrogens is 1. The minimum Gasteiger partial charge on any atom is -0.481 e. The van der Waals surface area contributed by atoms with Crippen LogP contribution in [-0.2, 0) is 19.6 Å². The Morgan fingerprint density at radius 3 is 2.45 bits per heavy atom. The van der Waals surface area contributed by atoms with Gasteiger partial charge in [-0.15, -0.1) is 0 Å². The number of benzene rings is 3. The third-order valence-electron chi connectivity index (χ3n) is 4.85. The molecule has 168 valence electrons. The quantitative estimate of drug-likeness (QED) is 0.312. The summed E-state index contributed by atoms with van der Waals surface area (Å²) in [7, 11) is -3.74. The number of amides is 1. The van der Waals surface area contributed by atoms with E-state index in [4.69, 9.17) is 5.11 Å². The van der Waals surface area contributed by atoms with Gasteiger partial charge in [0.1, 0.15) is 5.69 Å². The third-order valence-corrected chi connectivity index (χ3v) is 6.25. The molecule has 1 aromatic heterocycles. The monoisotopic (exact) mass is 464 g/mol. The Bertz CT molecular complexity index is 1430. The van der Waals surface area contributed by atoms with Crippen molar-refractivity contribution in [2.45, 2.75) is 17.7 Å². The zero-order valence-electron chi connectivity index (χ0n) is 17.3. The maximum absolute atomic E-state index is 12.7. The van der Waals surface area contributed by atoms with Crippen LogP contribution in [0, 0.1) is 0 Å². The number of carboxylic acid groups (broad SMARTS) is 1. The Balaban J connectivity index is 1.60. The van der Waals surface area contributed by atoms with Gasteiger partial charge in [-0.05, 0) is 42.5 Å². The maximum atomic E-state index is 12.7. The normalized spacial score (nSPS) is 11.3. The topological polar surface area (TPSA) is 141 Å². The molecule has 0 spiro atoms. The summed E-state index contributed by atoms with van der Waals surface area (Å²) in [5.41, 5.74) is 2.86. The average Bonchev–Trinajstić information content (AvgIpc) is 3.21. The van der Waals surface area contributed by atoms with Gasteiger partial charge in [0.2, 0.25) is 5.91 Å². The molecule has 0 saturated carbocycles. The van der Waals surface area contributed by atoms with Crippen molar-refractivity contribution in [1.82, 2.24) is 10.2 Å². The molecule has 0 atom stereocenters. The third kappa shape index (κ3) is 5.18. The number of rotatable bonds is 8. The van der Waals surface area contributed by atoms with Crippen LogP contribution in [0.5, 0.6) is 0 Å². The molecule has 9 nitrogen and oxygen atoms in total. The lowest BCUT2D eigenvalue weighted by molar-refractivity contribution is -0.138. The molecule has 1 amide bonds. The van der Waals surface area contributed by atoms with Crippen LogP contribution in [0.4, 0.5) is 11.4 Å². The van der Waals surface area contributed by atoms with Crippen molar-refractivity contribution in [3.8, 4) is 11.3 Å². The smallest absolute Gasteiger partial charge is 0.303 e. The van der Waals surface area contributed by atoms with Crippen molar-refractivity contribution in [2.24, 2.45) is 0 Å². The molecule has 0 aliphatic carbocycles. The van der Waals surface area contributed by atoms with E-state index >= 15 is 0 Å². The number of anilines is 2. The Morgan fingerprint density at radius 1 is 0.909 bits per heavy atom. The molecule has 4 N–H and O–H groups in total. The number of sulfonamides is 1. The van der Waals surface area contributed by atoms with Gasteiger partial charge < -0.3 is 10.4 Å². The predicted molar refractivity (Wildman–Crippen MR) is 124 cm³/mol. The number of aromatic amines is 1. The van der Waals surface area contributed by atoms with Crippen molar-refractivity contribution < 1.29 is 23.1 Å². The summed E-state index contributed by atoms with van der Waals surface area (Å²) in [6.07, 6.45) is -0.382. The van der Waals surface area contributed by atoms with Crippen LogP contribution >= 0.6 is 0 Å². The lowest BCUT2D eigenvalue weighted by Crippen LogP contribution is -2.13. The Morgan fingerprint density at radius 2 is 1.70 bits per heavy atom. The Kier molecular flexibility index (Phi) is 6.09. The van der Waals surface area contributed by atoms with Gasteiger partial charge >= 0.3 is 5.97 Å². The highest BCUT2D eigenvalue weighted by Crippen LogP contribution is 2.30. The lowest BCUT2D eigenvalue weighted by Gasteiger charge is -2.09. The molecule has 10 heteroatoms. The molecular weight excluding hydrogens is 444 g/mol. The van der Waals surface area contributed by atoms with Crippen molar-refractivity contribution in [3.63, 3.8) is 0 Å². The van der Waals surface area contributed by atoms with Crippen molar-refractivity contribution in [3.05, 3.63) is 72.8 Å². The highest BCUT2D eigenvalue weighted by molar-refractivity contribution is 7.92.